The van der Waals surface area contributed by atoms with Crippen molar-refractivity contribution < 1.29 is 4.79 Å². The molecule has 3 aromatic rings. The number of aryl methyl sites for hydroxylation is 2. The first-order valence-corrected chi connectivity index (χ1v) is 8.49. The molecule has 0 bridgehead atoms. The molecule has 3 rings (SSSR count). The van der Waals surface area contributed by atoms with Crippen LogP contribution in [0.4, 0.5) is 0 Å². The Balaban J connectivity index is 1.81. The molecule has 0 aliphatic carbocycles. The summed E-state index contributed by atoms with van der Waals surface area (Å²) in [6.07, 6.45) is 3.33. The first kappa shape index (κ1) is 16.3. The third-order valence-electron chi connectivity index (χ3n) is 3.76. The second-order valence-electron chi connectivity index (χ2n) is 5.56. The number of carbonyl (C=O) groups excluding carboxylic acids is 1. The molecule has 0 saturated carbocycles. The van der Waals surface area contributed by atoms with Crippen LogP contribution in [0.5, 0.6) is 0 Å². The summed E-state index contributed by atoms with van der Waals surface area (Å²) in [5.74, 6) is 0.416. The van der Waals surface area contributed by atoms with Crippen molar-refractivity contribution in [2.24, 2.45) is 0 Å². The number of nitrogens with one attached hydrogen (secondary N) is 1. The summed E-state index contributed by atoms with van der Waals surface area (Å²) in [5.41, 5.74) is 2.96. The minimum absolute atomic E-state index is 0.0726. The Hall–Kier alpha value is -2.60. The molecule has 0 aliphatic rings. The van der Waals surface area contributed by atoms with Crippen LogP contribution in [0.15, 0.2) is 42.7 Å². The monoisotopic (exact) mass is 338 g/mol. The van der Waals surface area contributed by atoms with Gasteiger partial charge in [-0.05, 0) is 38.0 Å². The Morgan fingerprint density at radius 3 is 2.54 bits per heavy atom. The molecule has 0 saturated heterocycles. The Bertz CT molecular complexity index is 860. The fourth-order valence-electron chi connectivity index (χ4n) is 2.52. The molecule has 1 unspecified atom stereocenters. The van der Waals surface area contributed by atoms with Crippen molar-refractivity contribution in [1.82, 2.24) is 20.3 Å². The zero-order valence-electron chi connectivity index (χ0n) is 13.8. The number of rotatable bonds is 4. The first-order valence-electron chi connectivity index (χ1n) is 7.67. The summed E-state index contributed by atoms with van der Waals surface area (Å²) in [5, 5.41) is 3.70. The van der Waals surface area contributed by atoms with Gasteiger partial charge in [0.25, 0.3) is 5.91 Å². The smallest absolute Gasteiger partial charge is 0.263 e. The SMILES string of the molecule is Cc1ccccc1C(C)NC(=O)c1sc(-c2ncccn2)nc1C. The highest BCUT2D eigenvalue weighted by molar-refractivity contribution is 7.17. The molecule has 122 valence electrons. The molecule has 1 atom stereocenters. The van der Waals surface area contributed by atoms with E-state index in [2.05, 4.69) is 20.3 Å². The molecule has 0 spiro atoms. The van der Waals surface area contributed by atoms with Gasteiger partial charge in [-0.3, -0.25) is 4.79 Å². The summed E-state index contributed by atoms with van der Waals surface area (Å²) in [4.78, 5) is 26.0. The van der Waals surface area contributed by atoms with Gasteiger partial charge in [0, 0.05) is 12.4 Å². The second-order valence-corrected chi connectivity index (χ2v) is 6.56. The number of hydrogen-bond acceptors (Lipinski definition) is 5. The predicted octanol–water partition coefficient (Wildman–Crippen LogP) is 3.71. The topological polar surface area (TPSA) is 67.8 Å². The highest BCUT2D eigenvalue weighted by Gasteiger charge is 2.19. The normalized spacial score (nSPS) is 12.0. The molecule has 5 nitrogen and oxygen atoms in total. The summed E-state index contributed by atoms with van der Waals surface area (Å²) >= 11 is 1.31. The molecule has 0 fully saturated rings. The van der Waals surface area contributed by atoms with Gasteiger partial charge in [0.1, 0.15) is 4.88 Å². The lowest BCUT2D eigenvalue weighted by molar-refractivity contribution is 0.0943. The zero-order valence-corrected chi connectivity index (χ0v) is 14.6. The lowest BCUT2D eigenvalue weighted by atomic mass is 10.0. The van der Waals surface area contributed by atoms with E-state index in [1.807, 2.05) is 45.0 Å². The number of amides is 1. The van der Waals surface area contributed by atoms with Crippen molar-refractivity contribution in [1.29, 1.82) is 0 Å². The average molecular weight is 338 g/mol. The largest absolute Gasteiger partial charge is 0.345 e. The molecule has 2 aromatic heterocycles. The standard InChI is InChI=1S/C18H18N4OS/c1-11-7-4-5-8-14(11)12(2)21-17(23)15-13(3)22-18(24-15)16-19-9-6-10-20-16/h4-10,12H,1-3H3,(H,21,23). The molecule has 6 heteroatoms. The van der Waals surface area contributed by atoms with E-state index in [-0.39, 0.29) is 11.9 Å². The molecule has 1 aromatic carbocycles. The molecule has 0 radical (unpaired) electrons. The molecular formula is C18H18N4OS. The molecule has 1 N–H and O–H groups in total. The van der Waals surface area contributed by atoms with Gasteiger partial charge in [0.2, 0.25) is 0 Å². The Labute approximate surface area is 144 Å². The number of thiazole rings is 1. The van der Waals surface area contributed by atoms with Crippen molar-refractivity contribution in [3.05, 3.63) is 64.4 Å². The van der Waals surface area contributed by atoms with Gasteiger partial charge in [-0.2, -0.15) is 0 Å². The van der Waals surface area contributed by atoms with Gasteiger partial charge >= 0.3 is 0 Å². The van der Waals surface area contributed by atoms with E-state index >= 15 is 0 Å². The van der Waals surface area contributed by atoms with Crippen molar-refractivity contribution in [3.63, 3.8) is 0 Å². The summed E-state index contributed by atoms with van der Waals surface area (Å²) in [6.45, 7) is 5.86. The van der Waals surface area contributed by atoms with E-state index in [0.717, 1.165) is 11.1 Å². The van der Waals surface area contributed by atoms with Crippen LogP contribution in [-0.2, 0) is 0 Å². The third-order valence-corrected chi connectivity index (χ3v) is 4.91. The van der Waals surface area contributed by atoms with E-state index in [4.69, 9.17) is 0 Å². The average Bonchev–Trinajstić information content (AvgIpc) is 2.98. The number of carbonyl (C=O) groups is 1. The number of aromatic nitrogens is 3. The molecule has 1 amide bonds. The van der Waals surface area contributed by atoms with Crippen LogP contribution >= 0.6 is 11.3 Å². The predicted molar refractivity (Wildman–Crippen MR) is 94.9 cm³/mol. The van der Waals surface area contributed by atoms with Crippen molar-refractivity contribution >= 4 is 17.2 Å². The summed E-state index contributed by atoms with van der Waals surface area (Å²) in [6, 6.07) is 9.72. The fourth-order valence-corrected chi connectivity index (χ4v) is 3.44. The van der Waals surface area contributed by atoms with Crippen LogP contribution in [0.1, 0.15) is 39.5 Å². The Morgan fingerprint density at radius 2 is 1.83 bits per heavy atom. The maximum atomic E-state index is 12.6. The maximum Gasteiger partial charge on any atom is 0.263 e. The maximum absolute atomic E-state index is 12.6. The molecule has 0 aliphatic heterocycles. The zero-order chi connectivity index (χ0) is 17.1. The van der Waals surface area contributed by atoms with Gasteiger partial charge in [0.05, 0.1) is 11.7 Å². The number of nitrogens with zero attached hydrogens (tertiary/aromatic N) is 3. The highest BCUT2D eigenvalue weighted by atomic mass is 32.1. The quantitative estimate of drug-likeness (QED) is 0.787. The van der Waals surface area contributed by atoms with E-state index in [9.17, 15) is 4.79 Å². The third kappa shape index (κ3) is 3.33. The highest BCUT2D eigenvalue weighted by Crippen LogP contribution is 2.26. The molecule has 2 heterocycles. The van der Waals surface area contributed by atoms with E-state index in [0.29, 0.717) is 21.4 Å². The van der Waals surface area contributed by atoms with Gasteiger partial charge < -0.3 is 5.32 Å². The van der Waals surface area contributed by atoms with Crippen LogP contribution in [0.2, 0.25) is 0 Å². The van der Waals surface area contributed by atoms with Crippen molar-refractivity contribution in [2.75, 3.05) is 0 Å². The van der Waals surface area contributed by atoms with Gasteiger partial charge in [-0.1, -0.05) is 24.3 Å². The van der Waals surface area contributed by atoms with E-state index < -0.39 is 0 Å². The van der Waals surface area contributed by atoms with Crippen LogP contribution in [0.3, 0.4) is 0 Å². The van der Waals surface area contributed by atoms with Crippen LogP contribution in [-0.4, -0.2) is 20.9 Å². The first-order chi connectivity index (χ1) is 11.6. The number of hydrogen-bond donors (Lipinski definition) is 1. The van der Waals surface area contributed by atoms with Crippen LogP contribution in [0, 0.1) is 13.8 Å². The Morgan fingerprint density at radius 1 is 1.12 bits per heavy atom. The fraction of sp³-hybridized carbons (Fsp3) is 0.222. The summed E-state index contributed by atoms with van der Waals surface area (Å²) < 4.78 is 0. The molecule has 24 heavy (non-hydrogen) atoms. The van der Waals surface area contributed by atoms with E-state index in [1.54, 1.807) is 18.5 Å². The Kier molecular flexibility index (Phi) is 4.66. The van der Waals surface area contributed by atoms with Crippen LogP contribution < -0.4 is 5.32 Å². The van der Waals surface area contributed by atoms with E-state index in [1.165, 1.54) is 11.3 Å². The van der Waals surface area contributed by atoms with Crippen molar-refractivity contribution in [2.45, 2.75) is 26.8 Å². The summed E-state index contributed by atoms with van der Waals surface area (Å²) in [7, 11) is 0. The van der Waals surface area contributed by atoms with Crippen LogP contribution in [0.25, 0.3) is 10.8 Å². The minimum Gasteiger partial charge on any atom is -0.345 e. The van der Waals surface area contributed by atoms with Gasteiger partial charge in [-0.15, -0.1) is 11.3 Å². The lowest BCUT2D eigenvalue weighted by Gasteiger charge is -2.16. The second kappa shape index (κ2) is 6.88. The molecular weight excluding hydrogens is 320 g/mol. The van der Waals surface area contributed by atoms with Crippen molar-refractivity contribution in [3.8, 4) is 10.8 Å². The minimum atomic E-state index is -0.122. The van der Waals surface area contributed by atoms with Gasteiger partial charge in [0.15, 0.2) is 10.8 Å². The number of benzene rings is 1. The lowest BCUT2D eigenvalue weighted by Crippen LogP contribution is -2.26. The van der Waals surface area contributed by atoms with Gasteiger partial charge in [-0.25, -0.2) is 15.0 Å².